The summed E-state index contributed by atoms with van der Waals surface area (Å²) < 4.78 is 27.6. The molecule has 2 aromatic rings. The number of methoxy groups -OCH3 is 3. The summed E-state index contributed by atoms with van der Waals surface area (Å²) in [4.78, 5) is 0. The highest BCUT2D eigenvalue weighted by Gasteiger charge is 2.43. The van der Waals surface area contributed by atoms with E-state index in [1.807, 2.05) is 0 Å². The zero-order chi connectivity index (χ0) is 26.9. The molecule has 2 aliphatic rings. The second kappa shape index (κ2) is 11.3. The van der Waals surface area contributed by atoms with Gasteiger partial charge in [0.15, 0.2) is 29.3 Å². The van der Waals surface area contributed by atoms with Crippen molar-refractivity contribution in [1.29, 1.82) is 0 Å². The molecular weight excluding hydrogens is 488 g/mol. The summed E-state index contributed by atoms with van der Waals surface area (Å²) in [6, 6.07) is 6.59. The second-order valence-corrected chi connectivity index (χ2v) is 9.34. The van der Waals surface area contributed by atoms with Crippen LogP contribution in [-0.4, -0.2) is 96.4 Å². The van der Waals surface area contributed by atoms with E-state index in [0.717, 1.165) is 5.56 Å². The fraction of sp³-hybridized carbons (Fsp3) is 0.538. The average molecular weight is 523 g/mol. The number of ether oxygens (including phenoxy) is 5. The van der Waals surface area contributed by atoms with Gasteiger partial charge in [-0.3, -0.25) is 0 Å². The molecule has 2 aromatic carbocycles. The van der Waals surface area contributed by atoms with Gasteiger partial charge in [-0.05, 0) is 47.6 Å². The Morgan fingerprint density at radius 1 is 0.946 bits per heavy atom. The van der Waals surface area contributed by atoms with Crippen LogP contribution < -0.4 is 14.2 Å². The molecule has 6 N–H and O–H groups in total. The molecule has 1 heterocycles. The molecule has 11 nitrogen and oxygen atoms in total. The number of hydrogen-bond donors (Lipinski definition) is 6. The first kappa shape index (κ1) is 27.2. The van der Waals surface area contributed by atoms with Gasteiger partial charge in [0.25, 0.3) is 0 Å². The summed E-state index contributed by atoms with van der Waals surface area (Å²) in [5.74, 6) is -0.811. The summed E-state index contributed by atoms with van der Waals surface area (Å²) in [5.41, 5.74) is 2.16. The monoisotopic (exact) mass is 522 g/mol. The third-order valence-electron chi connectivity index (χ3n) is 7.30. The Morgan fingerprint density at radius 3 is 2.32 bits per heavy atom. The van der Waals surface area contributed by atoms with E-state index in [4.69, 9.17) is 23.7 Å². The topological polar surface area (TPSA) is 168 Å². The predicted molar refractivity (Wildman–Crippen MR) is 129 cm³/mol. The van der Waals surface area contributed by atoms with E-state index in [1.165, 1.54) is 27.4 Å². The van der Waals surface area contributed by atoms with Gasteiger partial charge in [-0.2, -0.15) is 0 Å². The molecule has 11 heteroatoms. The standard InChI is InChI=1S/C26H34O11/c1-33-18-7-12(4-5-16(18)28)20-15(10-36-26-24(32)22(30)17(29)11-37-26)14(9-27)6-13-8-19(34-2)23(31)25(35-3)21(13)20/h4-5,7-8,14-15,17,20,22,24,26-32H,6,9-11H2,1-3H3/t14-,15+,17+,20+,22-,24+,26+/m0/s1. The summed E-state index contributed by atoms with van der Waals surface area (Å²) in [6.45, 7) is -0.418. The minimum absolute atomic E-state index is 0.0149. The Hall–Kier alpha value is -2.80. The van der Waals surface area contributed by atoms with Gasteiger partial charge in [-0.25, -0.2) is 0 Å². The SMILES string of the molecule is COc1cc([C@H]2c3c(cc(OC)c(O)c3OC)C[C@@H](CO)[C@H]2CO[C@@H]2OC[C@@H](O)[C@H](O)[C@H]2O)ccc1O. The fourth-order valence-corrected chi connectivity index (χ4v) is 5.35. The third kappa shape index (κ3) is 5.02. The van der Waals surface area contributed by atoms with E-state index in [2.05, 4.69) is 0 Å². The van der Waals surface area contributed by atoms with Crippen LogP contribution in [0.15, 0.2) is 24.3 Å². The Kier molecular flexibility index (Phi) is 8.32. The summed E-state index contributed by atoms with van der Waals surface area (Å²) in [5, 5.41) is 61.6. The zero-order valence-corrected chi connectivity index (χ0v) is 20.9. The maximum absolute atomic E-state index is 10.9. The molecular formula is C26H34O11. The van der Waals surface area contributed by atoms with Crippen molar-refractivity contribution in [2.24, 2.45) is 11.8 Å². The molecule has 0 radical (unpaired) electrons. The number of hydrogen-bond acceptors (Lipinski definition) is 11. The van der Waals surface area contributed by atoms with Crippen LogP contribution in [0.2, 0.25) is 0 Å². The Balaban J connectivity index is 1.81. The summed E-state index contributed by atoms with van der Waals surface area (Å²) in [7, 11) is 4.31. The molecule has 7 atom stereocenters. The highest BCUT2D eigenvalue weighted by molar-refractivity contribution is 5.62. The quantitative estimate of drug-likeness (QED) is 0.286. The number of phenols is 2. The predicted octanol–water partition coefficient (Wildman–Crippen LogP) is 0.492. The molecule has 4 rings (SSSR count). The Morgan fingerprint density at radius 2 is 1.68 bits per heavy atom. The molecule has 0 saturated carbocycles. The van der Waals surface area contributed by atoms with Crippen molar-refractivity contribution < 1.29 is 54.3 Å². The Labute approximate surface area is 214 Å². The first-order valence-electron chi connectivity index (χ1n) is 12.0. The molecule has 1 saturated heterocycles. The van der Waals surface area contributed by atoms with Gasteiger partial charge < -0.3 is 54.3 Å². The maximum Gasteiger partial charge on any atom is 0.201 e. The normalized spacial score (nSPS) is 29.4. The molecule has 1 aliphatic heterocycles. The lowest BCUT2D eigenvalue weighted by molar-refractivity contribution is -0.274. The number of phenolic OH excluding ortho intramolecular Hbond substituents is 2. The number of rotatable bonds is 8. The molecule has 1 fully saturated rings. The first-order valence-corrected chi connectivity index (χ1v) is 12.0. The van der Waals surface area contributed by atoms with E-state index in [1.54, 1.807) is 18.2 Å². The second-order valence-electron chi connectivity index (χ2n) is 9.34. The fourth-order valence-electron chi connectivity index (χ4n) is 5.35. The van der Waals surface area contributed by atoms with Crippen LogP contribution in [0.1, 0.15) is 22.6 Å². The van der Waals surface area contributed by atoms with E-state index >= 15 is 0 Å². The van der Waals surface area contributed by atoms with Crippen molar-refractivity contribution in [3.63, 3.8) is 0 Å². The van der Waals surface area contributed by atoms with Gasteiger partial charge in [-0.15, -0.1) is 0 Å². The molecule has 1 aliphatic carbocycles. The van der Waals surface area contributed by atoms with E-state index in [0.29, 0.717) is 17.5 Å². The lowest BCUT2D eigenvalue weighted by Crippen LogP contribution is -2.54. The average Bonchev–Trinajstić information content (AvgIpc) is 2.90. The molecule has 0 unspecified atom stereocenters. The van der Waals surface area contributed by atoms with Crippen LogP contribution in [0, 0.1) is 11.8 Å². The van der Waals surface area contributed by atoms with Crippen LogP contribution in [0.25, 0.3) is 0 Å². The molecule has 0 bridgehead atoms. The van der Waals surface area contributed by atoms with E-state index in [-0.39, 0.29) is 54.5 Å². The van der Waals surface area contributed by atoms with Gasteiger partial charge in [0.05, 0.1) is 34.5 Å². The van der Waals surface area contributed by atoms with Gasteiger partial charge in [-0.1, -0.05) is 6.07 Å². The van der Waals surface area contributed by atoms with E-state index < -0.39 is 36.4 Å². The lowest BCUT2D eigenvalue weighted by atomic mass is 9.66. The van der Waals surface area contributed by atoms with Gasteiger partial charge >= 0.3 is 0 Å². The van der Waals surface area contributed by atoms with Crippen LogP contribution in [0.4, 0.5) is 0 Å². The number of aromatic hydroxyl groups is 2. The number of fused-ring (bicyclic) bond motifs is 1. The minimum atomic E-state index is -1.47. The molecule has 0 spiro atoms. The third-order valence-corrected chi connectivity index (χ3v) is 7.30. The van der Waals surface area contributed by atoms with Gasteiger partial charge in [0.1, 0.15) is 18.3 Å². The Bertz CT molecular complexity index is 1090. The lowest BCUT2D eigenvalue weighted by Gasteiger charge is -2.42. The highest BCUT2D eigenvalue weighted by atomic mass is 16.7. The van der Waals surface area contributed by atoms with Crippen LogP contribution in [0.5, 0.6) is 28.7 Å². The van der Waals surface area contributed by atoms with Crippen molar-refractivity contribution >= 4 is 0 Å². The number of benzene rings is 2. The van der Waals surface area contributed by atoms with Crippen molar-refractivity contribution in [3.05, 3.63) is 41.0 Å². The first-order chi connectivity index (χ1) is 17.7. The van der Waals surface area contributed by atoms with Crippen molar-refractivity contribution in [2.75, 3.05) is 41.2 Å². The summed E-state index contributed by atoms with van der Waals surface area (Å²) >= 11 is 0. The van der Waals surface area contributed by atoms with E-state index in [9.17, 15) is 30.6 Å². The number of aliphatic hydroxyl groups is 4. The van der Waals surface area contributed by atoms with Gasteiger partial charge in [0.2, 0.25) is 5.75 Å². The zero-order valence-electron chi connectivity index (χ0n) is 20.9. The smallest absolute Gasteiger partial charge is 0.201 e. The molecule has 0 aromatic heterocycles. The largest absolute Gasteiger partial charge is 0.504 e. The van der Waals surface area contributed by atoms with Crippen molar-refractivity contribution in [3.8, 4) is 28.7 Å². The minimum Gasteiger partial charge on any atom is -0.504 e. The van der Waals surface area contributed by atoms with Crippen LogP contribution in [-0.2, 0) is 15.9 Å². The molecule has 204 valence electrons. The highest BCUT2D eigenvalue weighted by Crippen LogP contribution is 2.53. The van der Waals surface area contributed by atoms with Crippen LogP contribution in [0.3, 0.4) is 0 Å². The van der Waals surface area contributed by atoms with Gasteiger partial charge in [0, 0.05) is 18.1 Å². The van der Waals surface area contributed by atoms with Crippen molar-refractivity contribution in [2.45, 2.75) is 36.9 Å². The maximum atomic E-state index is 10.9. The summed E-state index contributed by atoms with van der Waals surface area (Å²) in [6.07, 6.45) is -4.92. The van der Waals surface area contributed by atoms with Crippen LogP contribution >= 0.6 is 0 Å². The molecule has 0 amide bonds. The molecule has 37 heavy (non-hydrogen) atoms. The number of aliphatic hydroxyl groups excluding tert-OH is 4. The van der Waals surface area contributed by atoms with Crippen molar-refractivity contribution in [1.82, 2.24) is 0 Å².